The van der Waals surface area contributed by atoms with Gasteiger partial charge in [0, 0.05) is 17.7 Å². The molecule has 0 amide bonds. The van der Waals surface area contributed by atoms with Crippen molar-refractivity contribution in [3.63, 3.8) is 0 Å². The van der Waals surface area contributed by atoms with Crippen LogP contribution >= 0.6 is 0 Å². The van der Waals surface area contributed by atoms with E-state index in [1.54, 1.807) is 20.1 Å². The molecule has 9 nitrogen and oxygen atoms in total. The molecule has 0 fully saturated rings. The Labute approximate surface area is 191 Å². The van der Waals surface area contributed by atoms with E-state index in [0.717, 1.165) is 11.1 Å². The summed E-state index contributed by atoms with van der Waals surface area (Å²) < 4.78 is 33.9. The van der Waals surface area contributed by atoms with Crippen LogP contribution in [0.2, 0.25) is 0 Å². The topological polar surface area (TPSA) is 92.8 Å². The summed E-state index contributed by atoms with van der Waals surface area (Å²) in [6.45, 7) is 2.47. The van der Waals surface area contributed by atoms with E-state index >= 15 is 0 Å². The third-order valence-corrected chi connectivity index (χ3v) is 6.34. The van der Waals surface area contributed by atoms with Gasteiger partial charge in [-0.25, -0.2) is 4.79 Å². The van der Waals surface area contributed by atoms with E-state index in [0.29, 0.717) is 52.8 Å². The molecule has 0 aliphatic carbocycles. The lowest BCUT2D eigenvalue weighted by Crippen LogP contribution is -2.41. The number of rotatable bonds is 6. The molecule has 0 unspecified atom stereocenters. The van der Waals surface area contributed by atoms with E-state index in [9.17, 15) is 9.59 Å². The third kappa shape index (κ3) is 3.26. The van der Waals surface area contributed by atoms with Crippen LogP contribution in [0.25, 0.3) is 0 Å². The fraction of sp³-hybridized carbons (Fsp3) is 0.417. The molecular formula is C24H25NO8. The van der Waals surface area contributed by atoms with Crippen molar-refractivity contribution in [1.29, 1.82) is 0 Å². The van der Waals surface area contributed by atoms with Crippen LogP contribution in [-0.4, -0.2) is 57.9 Å². The Kier molecular flexibility index (Phi) is 5.28. The van der Waals surface area contributed by atoms with Crippen LogP contribution in [0.15, 0.2) is 18.2 Å². The monoisotopic (exact) mass is 455 g/mol. The molecule has 3 aliphatic rings. The molecule has 0 aromatic heterocycles. The van der Waals surface area contributed by atoms with Crippen molar-refractivity contribution in [3.8, 4) is 28.7 Å². The molecule has 0 radical (unpaired) electrons. The van der Waals surface area contributed by atoms with Crippen molar-refractivity contribution in [2.75, 3.05) is 41.2 Å². The van der Waals surface area contributed by atoms with Gasteiger partial charge in [-0.3, -0.25) is 9.69 Å². The third-order valence-electron chi connectivity index (χ3n) is 6.34. The lowest BCUT2D eigenvalue weighted by molar-refractivity contribution is -0.119. The van der Waals surface area contributed by atoms with E-state index < -0.39 is 18.1 Å². The molecule has 0 N–H and O–H groups in total. The zero-order valence-corrected chi connectivity index (χ0v) is 18.9. The van der Waals surface area contributed by atoms with Gasteiger partial charge in [0.1, 0.15) is 17.5 Å². The summed E-state index contributed by atoms with van der Waals surface area (Å²) >= 11 is 0. The average molecular weight is 455 g/mol. The summed E-state index contributed by atoms with van der Waals surface area (Å²) in [5, 5.41) is 0. The number of Topliss-reactive ketones (excluding diaryl/α,β-unsaturated/α-hetero) is 1. The second-order valence-electron chi connectivity index (χ2n) is 8.17. The first kappa shape index (κ1) is 21.4. The number of hydrogen-bond donors (Lipinski definition) is 0. The van der Waals surface area contributed by atoms with Gasteiger partial charge in [-0.15, -0.1) is 0 Å². The number of benzene rings is 2. The van der Waals surface area contributed by atoms with E-state index in [-0.39, 0.29) is 19.1 Å². The Bertz CT molecular complexity index is 1140. The van der Waals surface area contributed by atoms with Crippen molar-refractivity contribution >= 4 is 11.8 Å². The van der Waals surface area contributed by atoms with Gasteiger partial charge in [-0.1, -0.05) is 6.07 Å². The van der Waals surface area contributed by atoms with Crippen molar-refractivity contribution in [2.24, 2.45) is 0 Å². The molecule has 0 saturated heterocycles. The SMILES string of the molecule is COc1ccc2c(c1OC)C(=O)O[C@@H]2[C@H]1c2c(cc3c(c2OC)OCO3)CCN1CC(C)=O. The zero-order valence-electron chi connectivity index (χ0n) is 18.9. The minimum absolute atomic E-state index is 0.0139. The van der Waals surface area contributed by atoms with Gasteiger partial charge in [-0.2, -0.15) is 0 Å². The van der Waals surface area contributed by atoms with Gasteiger partial charge in [0.15, 0.2) is 23.0 Å². The number of ketones is 1. The molecular weight excluding hydrogens is 430 g/mol. The Balaban J connectivity index is 1.71. The van der Waals surface area contributed by atoms with Gasteiger partial charge in [0.25, 0.3) is 0 Å². The second-order valence-corrected chi connectivity index (χ2v) is 8.17. The number of esters is 1. The second kappa shape index (κ2) is 8.15. The molecule has 0 spiro atoms. The Morgan fingerprint density at radius 3 is 2.61 bits per heavy atom. The quantitative estimate of drug-likeness (QED) is 0.610. The van der Waals surface area contributed by atoms with E-state index in [1.165, 1.54) is 14.2 Å². The molecule has 3 heterocycles. The largest absolute Gasteiger partial charge is 0.493 e. The number of fused-ring (bicyclic) bond motifs is 3. The van der Waals surface area contributed by atoms with Crippen molar-refractivity contribution < 1.29 is 38.0 Å². The summed E-state index contributed by atoms with van der Waals surface area (Å²) in [6, 6.07) is 5.05. The highest BCUT2D eigenvalue weighted by Crippen LogP contribution is 2.55. The summed E-state index contributed by atoms with van der Waals surface area (Å²) in [6.07, 6.45) is 0.00551. The Morgan fingerprint density at radius 2 is 1.91 bits per heavy atom. The number of methoxy groups -OCH3 is 3. The minimum atomic E-state index is -0.681. The number of carbonyl (C=O) groups is 2. The zero-order chi connectivity index (χ0) is 23.3. The maximum atomic E-state index is 13.0. The van der Waals surface area contributed by atoms with Crippen LogP contribution in [-0.2, 0) is 16.0 Å². The van der Waals surface area contributed by atoms with E-state index in [2.05, 4.69) is 0 Å². The number of cyclic esters (lactones) is 1. The smallest absolute Gasteiger partial charge is 0.343 e. The molecule has 9 heteroatoms. The molecule has 5 rings (SSSR count). The van der Waals surface area contributed by atoms with E-state index in [1.807, 2.05) is 17.0 Å². The van der Waals surface area contributed by atoms with Gasteiger partial charge < -0.3 is 28.4 Å². The normalized spacial score (nSPS) is 20.7. The number of hydrogen-bond acceptors (Lipinski definition) is 9. The highest BCUT2D eigenvalue weighted by atomic mass is 16.7. The first-order valence-electron chi connectivity index (χ1n) is 10.7. The minimum Gasteiger partial charge on any atom is -0.493 e. The summed E-state index contributed by atoms with van der Waals surface area (Å²) in [7, 11) is 4.57. The fourth-order valence-corrected chi connectivity index (χ4v) is 5.07. The van der Waals surface area contributed by atoms with Crippen molar-refractivity contribution in [3.05, 3.63) is 40.5 Å². The molecule has 3 aliphatic heterocycles. The molecule has 0 bridgehead atoms. The van der Waals surface area contributed by atoms with Crippen LogP contribution in [0, 0.1) is 0 Å². The van der Waals surface area contributed by atoms with Gasteiger partial charge in [-0.05, 0) is 31.0 Å². The van der Waals surface area contributed by atoms with Crippen LogP contribution < -0.4 is 23.7 Å². The van der Waals surface area contributed by atoms with Crippen LogP contribution in [0.4, 0.5) is 0 Å². The lowest BCUT2D eigenvalue weighted by Gasteiger charge is -2.40. The van der Waals surface area contributed by atoms with Crippen LogP contribution in [0.5, 0.6) is 28.7 Å². The standard InChI is InChI=1S/C24H25NO8/c1-12(26)10-25-8-7-13-9-16-22(32-11-31-16)23(30-4)17(13)19(25)20-14-5-6-15(28-2)21(29-3)18(14)24(27)33-20/h5-6,9,19-20H,7-8,10-11H2,1-4H3/t19-,20+/m1/s1. The molecule has 174 valence electrons. The molecule has 33 heavy (non-hydrogen) atoms. The fourth-order valence-electron chi connectivity index (χ4n) is 5.07. The van der Waals surface area contributed by atoms with Gasteiger partial charge in [0.2, 0.25) is 12.5 Å². The number of nitrogens with zero attached hydrogens (tertiary/aromatic N) is 1. The maximum absolute atomic E-state index is 13.0. The van der Waals surface area contributed by atoms with E-state index in [4.69, 9.17) is 28.4 Å². The summed E-state index contributed by atoms with van der Waals surface area (Å²) in [5.74, 6) is 1.96. The number of ether oxygens (including phenoxy) is 6. The summed E-state index contributed by atoms with van der Waals surface area (Å²) in [4.78, 5) is 27.2. The van der Waals surface area contributed by atoms with Crippen LogP contribution in [0.3, 0.4) is 0 Å². The lowest BCUT2D eigenvalue weighted by atomic mass is 9.85. The molecule has 2 atom stereocenters. The van der Waals surface area contributed by atoms with Gasteiger partial charge >= 0.3 is 5.97 Å². The first-order valence-corrected chi connectivity index (χ1v) is 10.7. The first-order chi connectivity index (χ1) is 16.0. The maximum Gasteiger partial charge on any atom is 0.343 e. The Hall–Kier alpha value is -3.46. The molecule has 0 saturated carbocycles. The highest BCUT2D eigenvalue weighted by Gasteiger charge is 2.47. The summed E-state index contributed by atoms with van der Waals surface area (Å²) in [5.41, 5.74) is 2.83. The number of carbonyl (C=O) groups excluding carboxylic acids is 2. The van der Waals surface area contributed by atoms with Crippen LogP contribution in [0.1, 0.15) is 46.1 Å². The highest BCUT2D eigenvalue weighted by molar-refractivity contribution is 5.98. The van der Waals surface area contributed by atoms with Gasteiger partial charge in [0.05, 0.1) is 33.9 Å². The predicted octanol–water partition coefficient (Wildman–Crippen LogP) is 2.84. The molecule has 2 aromatic carbocycles. The van der Waals surface area contributed by atoms with Crippen molar-refractivity contribution in [1.82, 2.24) is 4.90 Å². The predicted molar refractivity (Wildman–Crippen MR) is 116 cm³/mol. The Morgan fingerprint density at radius 1 is 1.12 bits per heavy atom. The van der Waals surface area contributed by atoms with Crippen molar-refractivity contribution in [2.45, 2.75) is 25.5 Å². The average Bonchev–Trinajstić information content (AvgIpc) is 3.40. The molecule has 2 aromatic rings.